The van der Waals surface area contributed by atoms with Gasteiger partial charge in [-0.3, -0.25) is 0 Å². The lowest BCUT2D eigenvalue weighted by molar-refractivity contribution is 1.01. The maximum atomic E-state index is 2.41. The molecule has 5 heterocycles. The van der Waals surface area contributed by atoms with Gasteiger partial charge < -0.3 is 18.1 Å². The number of hydrogen-bond acceptors (Lipinski definition) is 0. The van der Waals surface area contributed by atoms with Crippen LogP contribution in [-0.2, 0) is 27.6 Å². The van der Waals surface area contributed by atoms with E-state index in [-0.39, 0.29) is 0 Å². The monoisotopic (exact) mass is 1260 g/mol. The second-order valence-corrected chi connectivity index (χ2v) is 26.9. The molecule has 22 aromatic rings. The van der Waals surface area contributed by atoms with E-state index in [2.05, 4.69) is 374 Å². The van der Waals surface area contributed by atoms with Crippen molar-refractivity contribution in [2.45, 2.75) is 13.3 Å². The van der Waals surface area contributed by atoms with E-state index in [1.165, 1.54) is 196 Å². The predicted molar refractivity (Wildman–Crippen MR) is 427 cm³/mol. The standard InChI is InChI=1S/2C21H15N.C19H13N.C17H13N.C17H12/c1-22-18-12-10-14-6-2-4-8-16(14)20(18)21-17-9-5-3-7-15(17)11-13-19(21)22;1-22-20-13-16-8-3-2-7-15(16)12-19(20)18-11-10-14-6-4-5-9-17(14)21(18)22;1-12-10-15-13-6-2-4-8-17(13)20-18-9-5-3-7-14(18)16(11-12)19(15)20;1-18-15-9-5-4-8-14(15)17-13-7-3-2-6-12(13)10-11-16(17)18;1-3-7-15-12(5-1)9-10-14-11-13-6-2-4-8-16(13)17(14)15/h2*2-13H,1H3;2-11H,1H3;2-11H,1H3;1-10H,11H2. The molecule has 99 heavy (non-hydrogen) atoms. The summed E-state index contributed by atoms with van der Waals surface area (Å²) >= 11 is 0. The number of fused-ring (bicyclic) bond motifs is 29. The van der Waals surface area contributed by atoms with Crippen molar-refractivity contribution < 1.29 is 0 Å². The maximum absolute atomic E-state index is 2.41. The van der Waals surface area contributed by atoms with Gasteiger partial charge in [-0.15, -0.1) is 0 Å². The largest absolute Gasteiger partial charge is 0.344 e. The van der Waals surface area contributed by atoms with Crippen LogP contribution in [-0.4, -0.2) is 18.1 Å². The first-order valence-electron chi connectivity index (χ1n) is 34.4. The molecule has 0 fully saturated rings. The first-order chi connectivity index (χ1) is 48.8. The molecule has 1 aliphatic carbocycles. The summed E-state index contributed by atoms with van der Waals surface area (Å²) in [5.74, 6) is 0. The topological polar surface area (TPSA) is 19.2 Å². The Morgan fingerprint density at radius 3 is 1.21 bits per heavy atom. The fourth-order valence-electron chi connectivity index (χ4n) is 16.8. The summed E-state index contributed by atoms with van der Waals surface area (Å²) in [4.78, 5) is 0. The highest BCUT2D eigenvalue weighted by Gasteiger charge is 2.21. The van der Waals surface area contributed by atoms with E-state index in [0.717, 1.165) is 6.42 Å². The molecule has 0 bridgehead atoms. The highest BCUT2D eigenvalue weighted by Crippen LogP contribution is 2.44. The Labute approximate surface area is 572 Å². The molecule has 5 aromatic heterocycles. The molecule has 1 aliphatic rings. The van der Waals surface area contributed by atoms with Gasteiger partial charge in [0.1, 0.15) is 0 Å². The molecular weight excluding hydrogens is 1200 g/mol. The Morgan fingerprint density at radius 1 is 0.222 bits per heavy atom. The molecular formula is C95H68N4. The highest BCUT2D eigenvalue weighted by molar-refractivity contribution is 6.29. The number of benzene rings is 17. The number of nitrogens with zero attached hydrogens (tertiary/aromatic N) is 4. The van der Waals surface area contributed by atoms with Crippen molar-refractivity contribution in [1.29, 1.82) is 0 Å². The van der Waals surface area contributed by atoms with Crippen molar-refractivity contribution in [2.24, 2.45) is 21.1 Å². The summed E-state index contributed by atoms with van der Waals surface area (Å²) in [5.41, 5.74) is 18.9. The van der Waals surface area contributed by atoms with Crippen LogP contribution in [0.5, 0.6) is 0 Å². The van der Waals surface area contributed by atoms with Crippen molar-refractivity contribution in [3.8, 4) is 11.1 Å². The molecule has 0 radical (unpaired) electrons. The SMILES string of the molecule is Cc1cc2c3ccccc3n3c4ccccc4c(c1)c23.Cn1c2cc3ccccc3cc2c2ccc3ccccc3c21.Cn1c2ccc3ccccc3c2c2c3ccccc3ccc21.Cn1c2ccccc2c2c3ccccc3ccc21.c1ccc2c(c1)Cc1ccc3ccccc3c1-2. The van der Waals surface area contributed by atoms with Crippen LogP contribution in [0.25, 0.3) is 179 Å². The van der Waals surface area contributed by atoms with E-state index in [0.29, 0.717) is 0 Å². The summed E-state index contributed by atoms with van der Waals surface area (Å²) in [5, 5.41) is 29.4. The van der Waals surface area contributed by atoms with Gasteiger partial charge in [-0.25, -0.2) is 0 Å². The summed E-state index contributed by atoms with van der Waals surface area (Å²) in [7, 11) is 6.47. The molecule has 0 saturated carbocycles. The number of aryl methyl sites for hydroxylation is 4. The average Bonchev–Trinajstić information content (AvgIpc) is 1.58. The third-order valence-corrected chi connectivity index (χ3v) is 21.4. The lowest BCUT2D eigenvalue weighted by Gasteiger charge is -2.06. The summed E-state index contributed by atoms with van der Waals surface area (Å²) < 4.78 is 9.33. The Morgan fingerprint density at radius 2 is 0.626 bits per heavy atom. The zero-order chi connectivity index (χ0) is 66.0. The van der Waals surface area contributed by atoms with Crippen LogP contribution in [0.1, 0.15) is 16.7 Å². The summed E-state index contributed by atoms with van der Waals surface area (Å²) in [6, 6.07) is 118. The van der Waals surface area contributed by atoms with Crippen molar-refractivity contribution in [1.82, 2.24) is 18.1 Å². The van der Waals surface area contributed by atoms with E-state index in [1.807, 2.05) is 0 Å². The second kappa shape index (κ2) is 23.1. The fourth-order valence-corrected chi connectivity index (χ4v) is 16.8. The second-order valence-electron chi connectivity index (χ2n) is 26.9. The van der Waals surface area contributed by atoms with Gasteiger partial charge in [0.05, 0.1) is 22.1 Å². The van der Waals surface area contributed by atoms with Gasteiger partial charge in [0.15, 0.2) is 0 Å². The fraction of sp³-hybridized carbons (Fsp3) is 0.0526. The molecule has 17 aromatic carbocycles. The quantitative estimate of drug-likeness (QED) is 0.144. The predicted octanol–water partition coefficient (Wildman–Crippen LogP) is 25.3. The van der Waals surface area contributed by atoms with Gasteiger partial charge in [0.2, 0.25) is 0 Å². The van der Waals surface area contributed by atoms with Crippen LogP contribution in [0.2, 0.25) is 0 Å². The lowest BCUT2D eigenvalue weighted by atomic mass is 9.98. The zero-order valence-corrected chi connectivity index (χ0v) is 55.7. The minimum atomic E-state index is 1.08. The summed E-state index contributed by atoms with van der Waals surface area (Å²) in [6.07, 6.45) is 1.08. The van der Waals surface area contributed by atoms with Crippen LogP contribution in [0.15, 0.2) is 328 Å². The van der Waals surface area contributed by atoms with Crippen LogP contribution in [0.4, 0.5) is 0 Å². The van der Waals surface area contributed by atoms with Crippen LogP contribution in [0, 0.1) is 6.92 Å². The van der Waals surface area contributed by atoms with Gasteiger partial charge in [0, 0.05) is 108 Å². The lowest BCUT2D eigenvalue weighted by Crippen LogP contribution is -1.87. The third-order valence-electron chi connectivity index (χ3n) is 21.4. The zero-order valence-electron chi connectivity index (χ0n) is 55.7. The van der Waals surface area contributed by atoms with E-state index in [1.54, 1.807) is 0 Å². The third kappa shape index (κ3) is 9.20. The molecule has 0 spiro atoms. The Balaban J connectivity index is 0.0000000867. The first-order valence-corrected chi connectivity index (χ1v) is 34.4. The molecule has 23 rings (SSSR count). The normalized spacial score (nSPS) is 12.0. The Bertz CT molecular complexity index is 6830. The Hall–Kier alpha value is -12.5. The molecule has 0 saturated heterocycles. The van der Waals surface area contributed by atoms with Crippen LogP contribution in [0.3, 0.4) is 0 Å². The van der Waals surface area contributed by atoms with Crippen molar-refractivity contribution in [3.63, 3.8) is 0 Å². The Kier molecular flexibility index (Phi) is 13.5. The van der Waals surface area contributed by atoms with E-state index in [9.17, 15) is 0 Å². The molecule has 0 amide bonds. The van der Waals surface area contributed by atoms with E-state index in [4.69, 9.17) is 0 Å². The van der Waals surface area contributed by atoms with E-state index < -0.39 is 0 Å². The molecule has 4 nitrogen and oxygen atoms in total. The number of rotatable bonds is 0. The number of hydrogen-bond donors (Lipinski definition) is 0. The van der Waals surface area contributed by atoms with E-state index >= 15 is 0 Å². The summed E-state index contributed by atoms with van der Waals surface area (Å²) in [6.45, 7) is 2.18. The van der Waals surface area contributed by atoms with Gasteiger partial charge in [-0.1, -0.05) is 267 Å². The minimum absolute atomic E-state index is 1.08. The minimum Gasteiger partial charge on any atom is -0.344 e. The van der Waals surface area contributed by atoms with Gasteiger partial charge >= 0.3 is 0 Å². The van der Waals surface area contributed by atoms with Gasteiger partial charge in [-0.05, 0) is 161 Å². The van der Waals surface area contributed by atoms with Gasteiger partial charge in [-0.2, -0.15) is 0 Å². The maximum Gasteiger partial charge on any atom is 0.0620 e. The molecule has 0 N–H and O–H groups in total. The van der Waals surface area contributed by atoms with Crippen molar-refractivity contribution in [2.75, 3.05) is 0 Å². The van der Waals surface area contributed by atoms with Gasteiger partial charge in [0.25, 0.3) is 0 Å². The average molecular weight is 1270 g/mol. The van der Waals surface area contributed by atoms with Crippen molar-refractivity contribution in [3.05, 3.63) is 344 Å². The smallest absolute Gasteiger partial charge is 0.0620 e. The highest BCUT2D eigenvalue weighted by atomic mass is 15.0. The number of para-hydroxylation sites is 3. The molecule has 0 aliphatic heterocycles. The number of aromatic nitrogens is 4. The molecule has 0 atom stereocenters. The first kappa shape index (κ1) is 57.9. The van der Waals surface area contributed by atoms with Crippen LogP contribution < -0.4 is 0 Å². The molecule has 0 unspecified atom stereocenters. The van der Waals surface area contributed by atoms with Crippen LogP contribution >= 0.6 is 0 Å². The molecule has 468 valence electrons. The molecule has 4 heteroatoms. The van der Waals surface area contributed by atoms with Crippen molar-refractivity contribution >= 4 is 168 Å².